The van der Waals surface area contributed by atoms with Gasteiger partial charge < -0.3 is 5.11 Å². The van der Waals surface area contributed by atoms with E-state index in [1.54, 1.807) is 24.3 Å². The number of hydrogen-bond donors (Lipinski definition) is 1. The molecule has 3 rings (SSSR count). The van der Waals surface area contributed by atoms with E-state index < -0.39 is 0 Å². The number of phenolic OH excluding ortho intramolecular Hbond substituents is 1. The van der Waals surface area contributed by atoms with Crippen LogP contribution in [0.3, 0.4) is 0 Å². The van der Waals surface area contributed by atoms with Crippen LogP contribution in [0.4, 0.5) is 11.4 Å². The van der Waals surface area contributed by atoms with Crippen LogP contribution < -0.4 is 0 Å². The molecular formula is C19H16N2O. The van der Waals surface area contributed by atoms with Gasteiger partial charge in [0.25, 0.3) is 0 Å². The smallest absolute Gasteiger partial charge is 0.115 e. The third kappa shape index (κ3) is 3.38. The molecule has 0 aliphatic heterocycles. The van der Waals surface area contributed by atoms with Gasteiger partial charge in [0.05, 0.1) is 11.4 Å². The van der Waals surface area contributed by atoms with E-state index in [2.05, 4.69) is 41.4 Å². The van der Waals surface area contributed by atoms with Gasteiger partial charge in [0.2, 0.25) is 0 Å². The molecule has 0 aromatic heterocycles. The summed E-state index contributed by atoms with van der Waals surface area (Å²) in [4.78, 5) is 0. The summed E-state index contributed by atoms with van der Waals surface area (Å²) < 4.78 is 0. The number of azo groups is 1. The van der Waals surface area contributed by atoms with Gasteiger partial charge in [0.15, 0.2) is 0 Å². The van der Waals surface area contributed by atoms with Gasteiger partial charge in [-0.3, -0.25) is 0 Å². The van der Waals surface area contributed by atoms with Crippen molar-refractivity contribution in [3.63, 3.8) is 0 Å². The molecule has 0 bridgehead atoms. The molecule has 0 atom stereocenters. The number of hydrogen-bond acceptors (Lipinski definition) is 3. The largest absolute Gasteiger partial charge is 0.508 e. The Morgan fingerprint density at radius 1 is 0.591 bits per heavy atom. The van der Waals surface area contributed by atoms with Crippen LogP contribution in [0.25, 0.3) is 11.1 Å². The lowest BCUT2D eigenvalue weighted by Crippen LogP contribution is -1.77. The van der Waals surface area contributed by atoms with Crippen molar-refractivity contribution < 1.29 is 5.11 Å². The zero-order chi connectivity index (χ0) is 15.4. The summed E-state index contributed by atoms with van der Waals surface area (Å²) in [6.07, 6.45) is 0. The lowest BCUT2D eigenvalue weighted by Gasteiger charge is -2.02. The molecule has 0 aliphatic carbocycles. The van der Waals surface area contributed by atoms with Crippen LogP contribution in [0.2, 0.25) is 0 Å². The molecule has 3 aromatic carbocycles. The molecule has 0 amide bonds. The average molecular weight is 288 g/mol. The minimum Gasteiger partial charge on any atom is -0.508 e. The second-order valence-electron chi connectivity index (χ2n) is 5.13. The van der Waals surface area contributed by atoms with Gasteiger partial charge in [-0.15, -0.1) is 0 Å². The Bertz CT molecular complexity index is 773. The van der Waals surface area contributed by atoms with Crippen molar-refractivity contribution in [1.29, 1.82) is 0 Å². The first-order valence-electron chi connectivity index (χ1n) is 7.08. The second kappa shape index (κ2) is 6.22. The number of rotatable bonds is 3. The first-order chi connectivity index (χ1) is 10.7. The number of aromatic hydroxyl groups is 1. The van der Waals surface area contributed by atoms with Crippen molar-refractivity contribution in [2.45, 2.75) is 6.92 Å². The molecule has 0 fully saturated rings. The van der Waals surface area contributed by atoms with Crippen LogP contribution in [0.15, 0.2) is 83.0 Å². The number of benzene rings is 3. The summed E-state index contributed by atoms with van der Waals surface area (Å²) in [5.74, 6) is 0.224. The molecule has 0 aliphatic rings. The van der Waals surface area contributed by atoms with Crippen LogP contribution in [0.1, 0.15) is 5.56 Å². The maximum atomic E-state index is 9.23. The molecule has 108 valence electrons. The maximum Gasteiger partial charge on any atom is 0.115 e. The third-order valence-corrected chi connectivity index (χ3v) is 3.38. The lowest BCUT2D eigenvalue weighted by atomic mass is 10.0. The van der Waals surface area contributed by atoms with E-state index in [9.17, 15) is 5.11 Å². The quantitative estimate of drug-likeness (QED) is 0.610. The number of phenols is 1. The van der Waals surface area contributed by atoms with E-state index in [0.29, 0.717) is 5.69 Å². The summed E-state index contributed by atoms with van der Waals surface area (Å²) in [5, 5.41) is 17.6. The SMILES string of the molecule is Cc1ccc(-c2ccc(N=Nc3ccc(O)cc3)cc2)cc1. The Kier molecular flexibility index (Phi) is 3.97. The molecule has 3 nitrogen and oxygen atoms in total. The monoisotopic (exact) mass is 288 g/mol. The van der Waals surface area contributed by atoms with Crippen LogP contribution in [-0.4, -0.2) is 5.11 Å². The topological polar surface area (TPSA) is 45.0 Å². The summed E-state index contributed by atoms with van der Waals surface area (Å²) in [7, 11) is 0. The Morgan fingerprint density at radius 2 is 1.00 bits per heavy atom. The summed E-state index contributed by atoms with van der Waals surface area (Å²) in [6, 6.07) is 23.0. The summed E-state index contributed by atoms with van der Waals surface area (Å²) in [6.45, 7) is 2.08. The molecule has 3 aromatic rings. The van der Waals surface area contributed by atoms with E-state index in [1.165, 1.54) is 11.1 Å². The Morgan fingerprint density at radius 3 is 1.50 bits per heavy atom. The van der Waals surface area contributed by atoms with E-state index in [0.717, 1.165) is 11.3 Å². The second-order valence-corrected chi connectivity index (χ2v) is 5.13. The van der Waals surface area contributed by atoms with Crippen LogP contribution in [0.5, 0.6) is 5.75 Å². The van der Waals surface area contributed by atoms with E-state index in [4.69, 9.17) is 0 Å². The van der Waals surface area contributed by atoms with Gasteiger partial charge >= 0.3 is 0 Å². The first kappa shape index (κ1) is 14.0. The standard InChI is InChI=1S/C19H16N2O/c1-14-2-4-15(5-3-14)16-6-8-17(9-7-16)20-21-18-10-12-19(22)13-11-18/h2-13,22H,1H3. The Labute approximate surface area is 129 Å². The van der Waals surface area contributed by atoms with Crippen molar-refractivity contribution in [3.05, 3.63) is 78.4 Å². The van der Waals surface area contributed by atoms with Crippen molar-refractivity contribution in [2.75, 3.05) is 0 Å². The van der Waals surface area contributed by atoms with Gasteiger partial charge in [-0.25, -0.2) is 0 Å². The molecule has 0 saturated carbocycles. The highest BCUT2D eigenvalue weighted by molar-refractivity contribution is 5.65. The number of nitrogens with zero attached hydrogens (tertiary/aromatic N) is 2. The lowest BCUT2D eigenvalue weighted by molar-refractivity contribution is 0.475. The van der Waals surface area contributed by atoms with Gasteiger partial charge in [-0.1, -0.05) is 42.0 Å². The zero-order valence-corrected chi connectivity index (χ0v) is 12.3. The normalized spacial score (nSPS) is 11.0. The van der Waals surface area contributed by atoms with E-state index in [-0.39, 0.29) is 5.75 Å². The van der Waals surface area contributed by atoms with E-state index >= 15 is 0 Å². The maximum absolute atomic E-state index is 9.23. The average Bonchev–Trinajstić information content (AvgIpc) is 2.56. The molecule has 22 heavy (non-hydrogen) atoms. The van der Waals surface area contributed by atoms with Gasteiger partial charge in [0, 0.05) is 0 Å². The summed E-state index contributed by atoms with van der Waals surface area (Å²) >= 11 is 0. The summed E-state index contributed by atoms with van der Waals surface area (Å²) in [5.41, 5.74) is 5.10. The van der Waals surface area contributed by atoms with Crippen LogP contribution in [-0.2, 0) is 0 Å². The molecule has 0 spiro atoms. The van der Waals surface area contributed by atoms with Crippen molar-refractivity contribution in [3.8, 4) is 16.9 Å². The number of aryl methyl sites for hydroxylation is 1. The van der Waals surface area contributed by atoms with E-state index in [1.807, 2.05) is 24.3 Å². The van der Waals surface area contributed by atoms with Gasteiger partial charge in [-0.2, -0.15) is 10.2 Å². The molecule has 0 unspecified atom stereocenters. The molecule has 0 heterocycles. The molecule has 0 saturated heterocycles. The Balaban J connectivity index is 1.76. The fraction of sp³-hybridized carbons (Fsp3) is 0.0526. The predicted octanol–water partition coefficient (Wildman–Crippen LogP) is 5.78. The molecular weight excluding hydrogens is 272 g/mol. The highest BCUT2D eigenvalue weighted by Gasteiger charge is 1.98. The minimum absolute atomic E-state index is 0.224. The van der Waals surface area contributed by atoms with Crippen LogP contribution >= 0.6 is 0 Å². The van der Waals surface area contributed by atoms with Gasteiger partial charge in [-0.05, 0) is 54.4 Å². The third-order valence-electron chi connectivity index (χ3n) is 3.38. The zero-order valence-electron chi connectivity index (χ0n) is 12.3. The first-order valence-corrected chi connectivity index (χ1v) is 7.08. The molecule has 1 N–H and O–H groups in total. The van der Waals surface area contributed by atoms with Crippen LogP contribution in [0, 0.1) is 6.92 Å². The molecule has 3 heteroatoms. The highest BCUT2D eigenvalue weighted by Crippen LogP contribution is 2.24. The van der Waals surface area contributed by atoms with Crippen molar-refractivity contribution >= 4 is 11.4 Å². The molecule has 0 radical (unpaired) electrons. The Hall–Kier alpha value is -2.94. The highest BCUT2D eigenvalue weighted by atomic mass is 16.3. The fourth-order valence-electron chi connectivity index (χ4n) is 2.10. The van der Waals surface area contributed by atoms with Crippen molar-refractivity contribution in [2.24, 2.45) is 10.2 Å². The predicted molar refractivity (Wildman–Crippen MR) is 88.9 cm³/mol. The van der Waals surface area contributed by atoms with Gasteiger partial charge in [0.1, 0.15) is 5.75 Å². The van der Waals surface area contributed by atoms with Crippen molar-refractivity contribution in [1.82, 2.24) is 0 Å². The fourth-order valence-corrected chi connectivity index (χ4v) is 2.10. The minimum atomic E-state index is 0.224.